The SMILES string of the molecule is Cl.O=C(NCCC1CCNC1)C1CCN(C(=O)c2ccc(F)cc2F)CC1. The molecule has 1 atom stereocenters. The van der Waals surface area contributed by atoms with Crippen LogP contribution in [0.4, 0.5) is 8.78 Å². The third kappa shape index (κ3) is 5.62. The van der Waals surface area contributed by atoms with Gasteiger partial charge in [-0.15, -0.1) is 12.4 Å². The van der Waals surface area contributed by atoms with Crippen molar-refractivity contribution >= 4 is 24.2 Å². The predicted molar refractivity (Wildman–Crippen MR) is 101 cm³/mol. The summed E-state index contributed by atoms with van der Waals surface area (Å²) in [7, 11) is 0. The maximum absolute atomic E-state index is 13.8. The molecule has 0 aromatic heterocycles. The number of carbonyl (C=O) groups excluding carboxylic acids is 2. The molecule has 0 spiro atoms. The summed E-state index contributed by atoms with van der Waals surface area (Å²) in [5.41, 5.74) is -0.125. The lowest BCUT2D eigenvalue weighted by atomic mass is 9.95. The van der Waals surface area contributed by atoms with E-state index in [1.54, 1.807) is 0 Å². The molecule has 2 aliphatic heterocycles. The summed E-state index contributed by atoms with van der Waals surface area (Å²) in [6.07, 6.45) is 3.27. The van der Waals surface area contributed by atoms with Crippen LogP contribution in [0.3, 0.4) is 0 Å². The molecule has 5 nitrogen and oxygen atoms in total. The van der Waals surface area contributed by atoms with Crippen molar-refractivity contribution in [3.8, 4) is 0 Å². The molecule has 0 saturated carbocycles. The lowest BCUT2D eigenvalue weighted by molar-refractivity contribution is -0.126. The van der Waals surface area contributed by atoms with Crippen LogP contribution in [0, 0.1) is 23.5 Å². The maximum atomic E-state index is 13.8. The molecule has 2 N–H and O–H groups in total. The van der Waals surface area contributed by atoms with E-state index < -0.39 is 17.5 Å². The number of rotatable bonds is 5. The van der Waals surface area contributed by atoms with Gasteiger partial charge in [0.05, 0.1) is 5.56 Å². The fourth-order valence-corrected chi connectivity index (χ4v) is 3.68. The first kappa shape index (κ1) is 21.6. The Morgan fingerprint density at radius 1 is 1.19 bits per heavy atom. The molecule has 2 saturated heterocycles. The van der Waals surface area contributed by atoms with E-state index in [1.165, 1.54) is 11.0 Å². The van der Waals surface area contributed by atoms with Gasteiger partial charge in [0.25, 0.3) is 5.91 Å². The summed E-state index contributed by atoms with van der Waals surface area (Å²) in [6.45, 7) is 3.57. The Labute approximate surface area is 164 Å². The van der Waals surface area contributed by atoms with E-state index in [-0.39, 0.29) is 29.8 Å². The average Bonchev–Trinajstić information content (AvgIpc) is 3.15. The highest BCUT2D eigenvalue weighted by atomic mass is 35.5. The number of carbonyl (C=O) groups is 2. The van der Waals surface area contributed by atoms with Crippen molar-refractivity contribution in [1.82, 2.24) is 15.5 Å². The summed E-state index contributed by atoms with van der Waals surface area (Å²) in [6, 6.07) is 2.97. The number of nitrogens with zero attached hydrogens (tertiary/aromatic N) is 1. The van der Waals surface area contributed by atoms with E-state index in [4.69, 9.17) is 0 Å². The largest absolute Gasteiger partial charge is 0.356 e. The minimum atomic E-state index is -0.851. The van der Waals surface area contributed by atoms with E-state index in [1.807, 2.05) is 0 Å². The maximum Gasteiger partial charge on any atom is 0.256 e. The Morgan fingerprint density at radius 2 is 1.93 bits per heavy atom. The first-order valence-corrected chi connectivity index (χ1v) is 9.27. The molecule has 1 aromatic rings. The Hall–Kier alpha value is -1.73. The van der Waals surface area contributed by atoms with Crippen LogP contribution >= 0.6 is 12.4 Å². The van der Waals surface area contributed by atoms with Gasteiger partial charge in [0.1, 0.15) is 11.6 Å². The quantitative estimate of drug-likeness (QED) is 0.796. The zero-order valence-corrected chi connectivity index (χ0v) is 16.0. The number of likely N-dealkylation sites (tertiary alicyclic amines) is 1. The van der Waals surface area contributed by atoms with E-state index in [9.17, 15) is 18.4 Å². The summed E-state index contributed by atoms with van der Waals surface area (Å²) in [5, 5.41) is 6.31. The van der Waals surface area contributed by atoms with Crippen molar-refractivity contribution in [3.63, 3.8) is 0 Å². The Morgan fingerprint density at radius 3 is 2.56 bits per heavy atom. The van der Waals surface area contributed by atoms with Gasteiger partial charge >= 0.3 is 0 Å². The molecule has 2 heterocycles. The fourth-order valence-electron chi connectivity index (χ4n) is 3.68. The number of hydrogen-bond acceptors (Lipinski definition) is 3. The summed E-state index contributed by atoms with van der Waals surface area (Å²) >= 11 is 0. The number of amides is 2. The van der Waals surface area contributed by atoms with Gasteiger partial charge in [0.15, 0.2) is 0 Å². The highest BCUT2D eigenvalue weighted by Crippen LogP contribution is 2.21. The molecule has 150 valence electrons. The van der Waals surface area contributed by atoms with Crippen LogP contribution in [-0.2, 0) is 4.79 Å². The molecule has 1 aromatic carbocycles. The van der Waals surface area contributed by atoms with Crippen LogP contribution in [0.25, 0.3) is 0 Å². The van der Waals surface area contributed by atoms with Gasteiger partial charge in [-0.1, -0.05) is 0 Å². The van der Waals surface area contributed by atoms with Crippen molar-refractivity contribution in [3.05, 3.63) is 35.4 Å². The summed E-state index contributed by atoms with van der Waals surface area (Å²) < 4.78 is 26.8. The van der Waals surface area contributed by atoms with Crippen LogP contribution in [0.5, 0.6) is 0 Å². The molecule has 2 amide bonds. The second kappa shape index (κ2) is 9.99. The average molecular weight is 402 g/mol. The first-order valence-electron chi connectivity index (χ1n) is 9.27. The minimum Gasteiger partial charge on any atom is -0.356 e. The van der Waals surface area contributed by atoms with Crippen LogP contribution in [0.15, 0.2) is 18.2 Å². The lowest BCUT2D eigenvalue weighted by Crippen LogP contribution is -2.43. The molecule has 0 radical (unpaired) electrons. The van der Waals surface area contributed by atoms with Gasteiger partial charge in [-0.25, -0.2) is 8.78 Å². The van der Waals surface area contributed by atoms with Crippen LogP contribution < -0.4 is 10.6 Å². The van der Waals surface area contributed by atoms with Crippen molar-refractivity contribution in [2.75, 3.05) is 32.7 Å². The number of piperidine rings is 1. The summed E-state index contributed by atoms with van der Waals surface area (Å²) in [4.78, 5) is 26.2. The van der Waals surface area contributed by atoms with Crippen LogP contribution in [0.1, 0.15) is 36.0 Å². The zero-order valence-electron chi connectivity index (χ0n) is 15.2. The monoisotopic (exact) mass is 401 g/mol. The molecule has 0 bridgehead atoms. The van der Waals surface area contributed by atoms with Crippen molar-refractivity contribution < 1.29 is 18.4 Å². The third-order valence-corrected chi connectivity index (χ3v) is 5.33. The number of halogens is 3. The first-order chi connectivity index (χ1) is 12.5. The Kier molecular flexibility index (Phi) is 7.98. The molecule has 2 fully saturated rings. The van der Waals surface area contributed by atoms with Crippen LogP contribution in [-0.4, -0.2) is 49.4 Å². The summed E-state index contributed by atoms with van der Waals surface area (Å²) in [5.74, 6) is -1.44. The standard InChI is InChI=1S/C19H25F2N3O2.ClH/c20-15-1-2-16(17(21)11-15)19(26)24-9-5-14(6-10-24)18(25)23-8-4-13-3-7-22-12-13;/h1-2,11,13-14,22H,3-10,12H2,(H,23,25);1H. The molecule has 27 heavy (non-hydrogen) atoms. The molecule has 2 aliphatic rings. The van der Waals surface area contributed by atoms with Crippen molar-refractivity contribution in [1.29, 1.82) is 0 Å². The third-order valence-electron chi connectivity index (χ3n) is 5.33. The van der Waals surface area contributed by atoms with E-state index in [0.29, 0.717) is 44.5 Å². The smallest absolute Gasteiger partial charge is 0.256 e. The van der Waals surface area contributed by atoms with Gasteiger partial charge < -0.3 is 15.5 Å². The number of hydrogen-bond donors (Lipinski definition) is 2. The highest BCUT2D eigenvalue weighted by molar-refractivity contribution is 5.94. The predicted octanol–water partition coefficient (Wildman–Crippen LogP) is 2.35. The molecule has 3 rings (SSSR count). The zero-order chi connectivity index (χ0) is 18.5. The fraction of sp³-hybridized carbons (Fsp3) is 0.579. The molecular formula is C19H26ClF2N3O2. The van der Waals surface area contributed by atoms with Crippen molar-refractivity contribution in [2.45, 2.75) is 25.7 Å². The highest BCUT2D eigenvalue weighted by Gasteiger charge is 2.29. The Bertz CT molecular complexity index is 660. The van der Waals surface area contributed by atoms with Gasteiger partial charge in [0, 0.05) is 31.6 Å². The minimum absolute atomic E-state index is 0. The molecule has 8 heteroatoms. The number of nitrogens with one attached hydrogen (secondary N) is 2. The normalized spacial score (nSPS) is 20.2. The van der Waals surface area contributed by atoms with Gasteiger partial charge in [0.2, 0.25) is 5.91 Å². The van der Waals surface area contributed by atoms with E-state index in [0.717, 1.165) is 32.0 Å². The van der Waals surface area contributed by atoms with E-state index >= 15 is 0 Å². The second-order valence-corrected chi connectivity index (χ2v) is 7.13. The number of benzene rings is 1. The molecule has 1 unspecified atom stereocenters. The Balaban J connectivity index is 0.00000261. The van der Waals surface area contributed by atoms with Gasteiger partial charge in [-0.3, -0.25) is 9.59 Å². The topological polar surface area (TPSA) is 61.4 Å². The second-order valence-electron chi connectivity index (χ2n) is 7.13. The lowest BCUT2D eigenvalue weighted by Gasteiger charge is -2.31. The van der Waals surface area contributed by atoms with Gasteiger partial charge in [-0.2, -0.15) is 0 Å². The van der Waals surface area contributed by atoms with E-state index in [2.05, 4.69) is 10.6 Å². The molecular weight excluding hydrogens is 376 g/mol. The van der Waals surface area contributed by atoms with Gasteiger partial charge in [-0.05, 0) is 56.8 Å². The molecule has 0 aliphatic carbocycles. The van der Waals surface area contributed by atoms with Crippen molar-refractivity contribution in [2.24, 2.45) is 11.8 Å². The van der Waals surface area contributed by atoms with Crippen LogP contribution in [0.2, 0.25) is 0 Å².